The van der Waals surface area contributed by atoms with Crippen LogP contribution in [0.3, 0.4) is 0 Å². The van der Waals surface area contributed by atoms with Crippen LogP contribution in [-0.4, -0.2) is 25.6 Å². The van der Waals surface area contributed by atoms with E-state index in [9.17, 15) is 17.6 Å². The molecule has 2 aromatic rings. The Morgan fingerprint density at radius 1 is 0.775 bits per heavy atom. The van der Waals surface area contributed by atoms with Gasteiger partial charge < -0.3 is 14.2 Å². The predicted octanol–water partition coefficient (Wildman–Crippen LogP) is 9.16. The van der Waals surface area contributed by atoms with Gasteiger partial charge in [0.15, 0.2) is 6.29 Å². The number of alkyl halides is 4. The Hall–Kier alpha value is -2.26. The summed E-state index contributed by atoms with van der Waals surface area (Å²) in [4.78, 5) is 0. The lowest BCUT2D eigenvalue weighted by molar-refractivity contribution is -0.251. The van der Waals surface area contributed by atoms with Crippen molar-refractivity contribution < 1.29 is 40.6 Å². The van der Waals surface area contributed by atoms with Crippen LogP contribution >= 0.6 is 0 Å². The summed E-state index contributed by atoms with van der Waals surface area (Å²) in [6.45, 7) is 3.62. The van der Waals surface area contributed by atoms with Crippen LogP contribution in [0, 0.1) is 41.2 Å². The lowest BCUT2D eigenvalue weighted by Crippen LogP contribution is -2.43. The minimum Gasteiger partial charge on any atom is -0.432 e. The highest BCUT2D eigenvalue weighted by atomic mass is 19.3. The monoisotopic (exact) mass is 570 g/mol. The highest BCUT2D eigenvalue weighted by Crippen LogP contribution is 2.43. The third-order valence-electron chi connectivity index (χ3n) is 9.05. The molecule has 0 amide bonds. The molecule has 1 aliphatic heterocycles. The van der Waals surface area contributed by atoms with Crippen LogP contribution in [-0.2, 0) is 9.47 Å². The molecular weight excluding hydrogens is 534 g/mol. The molecule has 40 heavy (non-hydrogen) atoms. The average Bonchev–Trinajstić information content (AvgIpc) is 2.93. The SMILES string of the molecule is CC1CCC(C2COC(C3CCC(C(F)(F)Oc4ccc(-c5ccc(C(F)F)c(F)c5)c(F)c4)CC3)OC2)CC1. The molecule has 9 heteroatoms. The molecule has 2 saturated carbocycles. The van der Waals surface area contributed by atoms with Crippen molar-refractivity contribution in [2.75, 3.05) is 13.2 Å². The van der Waals surface area contributed by atoms with E-state index in [0.29, 0.717) is 37.9 Å². The zero-order valence-electron chi connectivity index (χ0n) is 22.6. The summed E-state index contributed by atoms with van der Waals surface area (Å²) in [7, 11) is 0. The third-order valence-corrected chi connectivity index (χ3v) is 9.05. The van der Waals surface area contributed by atoms with E-state index >= 15 is 8.78 Å². The molecule has 1 heterocycles. The van der Waals surface area contributed by atoms with Crippen molar-refractivity contribution in [1.82, 2.24) is 0 Å². The lowest BCUT2D eigenvalue weighted by Gasteiger charge is -2.41. The molecule has 0 spiro atoms. The zero-order chi connectivity index (χ0) is 28.4. The van der Waals surface area contributed by atoms with Crippen molar-refractivity contribution in [2.45, 2.75) is 77.1 Å². The lowest BCUT2D eigenvalue weighted by atomic mass is 9.76. The van der Waals surface area contributed by atoms with Gasteiger partial charge in [0.25, 0.3) is 6.43 Å². The molecule has 0 N–H and O–H groups in total. The summed E-state index contributed by atoms with van der Waals surface area (Å²) >= 11 is 0. The fourth-order valence-electron chi connectivity index (χ4n) is 6.47. The van der Waals surface area contributed by atoms with Crippen LogP contribution in [0.15, 0.2) is 36.4 Å². The van der Waals surface area contributed by atoms with Crippen LogP contribution in [0.4, 0.5) is 26.3 Å². The Bertz CT molecular complexity index is 1130. The van der Waals surface area contributed by atoms with Gasteiger partial charge in [-0.15, -0.1) is 0 Å². The fraction of sp³-hybridized carbons (Fsp3) is 0.613. The van der Waals surface area contributed by atoms with Gasteiger partial charge in [-0.3, -0.25) is 0 Å². The van der Waals surface area contributed by atoms with Gasteiger partial charge in [-0.25, -0.2) is 17.6 Å². The predicted molar refractivity (Wildman–Crippen MR) is 138 cm³/mol. The van der Waals surface area contributed by atoms with E-state index in [1.807, 2.05) is 0 Å². The topological polar surface area (TPSA) is 27.7 Å². The van der Waals surface area contributed by atoms with Gasteiger partial charge in [0.05, 0.1) is 24.7 Å². The Kier molecular flexibility index (Phi) is 9.00. The van der Waals surface area contributed by atoms with Crippen LogP contribution < -0.4 is 4.74 Å². The van der Waals surface area contributed by atoms with Gasteiger partial charge in [0.2, 0.25) is 0 Å². The summed E-state index contributed by atoms with van der Waals surface area (Å²) in [5.41, 5.74) is -0.884. The molecule has 0 aromatic heterocycles. The quantitative estimate of drug-likeness (QED) is 0.311. The molecule has 0 unspecified atom stereocenters. The molecule has 5 rings (SSSR count). The van der Waals surface area contributed by atoms with Crippen LogP contribution in [0.1, 0.15) is 70.3 Å². The Labute approximate surface area is 231 Å². The first kappa shape index (κ1) is 29.2. The van der Waals surface area contributed by atoms with E-state index < -0.39 is 35.6 Å². The van der Waals surface area contributed by atoms with Gasteiger partial charge in [0, 0.05) is 23.5 Å². The third kappa shape index (κ3) is 6.62. The number of benzene rings is 2. The maximum atomic E-state index is 15.0. The fourth-order valence-corrected chi connectivity index (χ4v) is 6.47. The van der Waals surface area contributed by atoms with Gasteiger partial charge in [-0.05, 0) is 80.2 Å². The molecule has 220 valence electrons. The molecule has 0 radical (unpaired) electrons. The van der Waals surface area contributed by atoms with E-state index in [2.05, 4.69) is 6.92 Å². The van der Waals surface area contributed by atoms with Gasteiger partial charge in [-0.1, -0.05) is 25.8 Å². The zero-order valence-corrected chi connectivity index (χ0v) is 22.6. The Morgan fingerprint density at radius 3 is 2.02 bits per heavy atom. The second kappa shape index (κ2) is 12.3. The van der Waals surface area contributed by atoms with E-state index in [-0.39, 0.29) is 41.9 Å². The number of ether oxygens (including phenoxy) is 3. The molecule has 2 aromatic carbocycles. The highest BCUT2D eigenvalue weighted by molar-refractivity contribution is 5.65. The van der Waals surface area contributed by atoms with Gasteiger partial charge in [0.1, 0.15) is 17.4 Å². The standard InChI is InChI=1S/C31H36F6O3/c1-18-2-4-19(5-3-18)22-16-38-30(39-17-22)20-6-9-23(10-7-20)31(36,37)40-24-11-13-25(28(33)15-24)21-8-12-26(29(34)35)27(32)14-21/h8,11-15,18-20,22-23,29-30H,2-7,9-10,16-17H2,1H3. The van der Waals surface area contributed by atoms with Crippen molar-refractivity contribution in [1.29, 1.82) is 0 Å². The van der Waals surface area contributed by atoms with Crippen molar-refractivity contribution in [2.24, 2.45) is 29.6 Å². The van der Waals surface area contributed by atoms with Crippen molar-refractivity contribution in [3.8, 4) is 16.9 Å². The summed E-state index contributed by atoms with van der Waals surface area (Å²) in [5, 5.41) is 0. The molecule has 1 saturated heterocycles. The second-order valence-corrected chi connectivity index (χ2v) is 11.8. The van der Waals surface area contributed by atoms with Crippen LogP contribution in [0.5, 0.6) is 5.75 Å². The molecular formula is C31H36F6O3. The normalized spacial score (nSPS) is 29.9. The van der Waals surface area contributed by atoms with Gasteiger partial charge in [-0.2, -0.15) is 8.78 Å². The number of rotatable bonds is 7. The van der Waals surface area contributed by atoms with Crippen LogP contribution in [0.2, 0.25) is 0 Å². The summed E-state index contributed by atoms with van der Waals surface area (Å²) in [6, 6.07) is 5.98. The minimum absolute atomic E-state index is 0.0165. The van der Waals surface area contributed by atoms with E-state index in [4.69, 9.17) is 14.2 Å². The summed E-state index contributed by atoms with van der Waals surface area (Å²) in [5.74, 6) is -1.62. The first-order valence-corrected chi connectivity index (χ1v) is 14.3. The first-order valence-electron chi connectivity index (χ1n) is 14.3. The molecule has 0 atom stereocenters. The number of hydrogen-bond acceptors (Lipinski definition) is 3. The smallest absolute Gasteiger partial charge is 0.400 e. The maximum Gasteiger partial charge on any atom is 0.400 e. The Morgan fingerprint density at radius 2 is 1.43 bits per heavy atom. The van der Waals surface area contributed by atoms with Gasteiger partial charge >= 0.3 is 6.11 Å². The molecule has 2 aliphatic carbocycles. The largest absolute Gasteiger partial charge is 0.432 e. The maximum absolute atomic E-state index is 15.0. The molecule has 3 aliphatic rings. The minimum atomic E-state index is -3.51. The molecule has 3 nitrogen and oxygen atoms in total. The van der Waals surface area contributed by atoms with E-state index in [1.165, 1.54) is 37.8 Å². The number of halogens is 6. The molecule has 0 bridgehead atoms. The van der Waals surface area contributed by atoms with Crippen LogP contribution in [0.25, 0.3) is 11.1 Å². The van der Waals surface area contributed by atoms with E-state index in [1.54, 1.807) is 0 Å². The van der Waals surface area contributed by atoms with Crippen molar-refractivity contribution in [3.05, 3.63) is 53.6 Å². The summed E-state index contributed by atoms with van der Waals surface area (Å²) in [6.07, 6.45) is -0.470. The highest BCUT2D eigenvalue weighted by Gasteiger charge is 2.46. The number of hydrogen-bond donors (Lipinski definition) is 0. The second-order valence-electron chi connectivity index (χ2n) is 11.8. The average molecular weight is 571 g/mol. The van der Waals surface area contributed by atoms with Crippen molar-refractivity contribution in [3.63, 3.8) is 0 Å². The van der Waals surface area contributed by atoms with Crippen molar-refractivity contribution >= 4 is 0 Å². The molecule has 3 fully saturated rings. The van der Waals surface area contributed by atoms with E-state index in [0.717, 1.165) is 30.2 Å². The summed E-state index contributed by atoms with van der Waals surface area (Å²) < 4.78 is 101. The Balaban J connectivity index is 1.13. The first-order chi connectivity index (χ1) is 19.1.